The highest BCUT2D eigenvalue weighted by molar-refractivity contribution is 5.94. The number of nitrogens with one attached hydrogen (secondary N) is 1. The Bertz CT molecular complexity index is 1350. The lowest BCUT2D eigenvalue weighted by molar-refractivity contribution is -0.160. The van der Waals surface area contributed by atoms with Crippen LogP contribution < -0.4 is 10.1 Å². The molecule has 5 nitrogen and oxygen atoms in total. The lowest BCUT2D eigenvalue weighted by atomic mass is 9.81. The molecule has 1 aliphatic heterocycles. The summed E-state index contributed by atoms with van der Waals surface area (Å²) in [4.78, 5) is 12.7. The molecule has 0 aromatic heterocycles. The lowest BCUT2D eigenvalue weighted by Crippen LogP contribution is -2.28. The van der Waals surface area contributed by atoms with Gasteiger partial charge in [-0.05, 0) is 118 Å². The van der Waals surface area contributed by atoms with E-state index >= 15 is 0 Å². The van der Waals surface area contributed by atoms with E-state index in [1.54, 1.807) is 0 Å². The van der Waals surface area contributed by atoms with Gasteiger partial charge >= 0.3 is 5.97 Å². The maximum absolute atomic E-state index is 12.7. The molecule has 0 spiro atoms. The summed E-state index contributed by atoms with van der Waals surface area (Å²) >= 11 is 0. The molecule has 0 saturated carbocycles. The Morgan fingerprint density at radius 1 is 0.973 bits per heavy atom. The molecule has 5 heteroatoms. The number of carboxylic acid groups (broad SMARTS) is 1. The van der Waals surface area contributed by atoms with Crippen LogP contribution in [0.5, 0.6) is 5.75 Å². The van der Waals surface area contributed by atoms with Crippen molar-refractivity contribution in [2.24, 2.45) is 0 Å². The quantitative estimate of drug-likeness (QED) is 0.365. The van der Waals surface area contributed by atoms with Gasteiger partial charge in [-0.3, -0.25) is 0 Å². The summed E-state index contributed by atoms with van der Waals surface area (Å²) in [5.74, 6) is -0.0890. The van der Waals surface area contributed by atoms with E-state index < -0.39 is 17.7 Å². The Kier molecular flexibility index (Phi) is 7.38. The minimum Gasteiger partial charge on any atom is -0.493 e. The van der Waals surface area contributed by atoms with Crippen LogP contribution in [-0.4, -0.2) is 30.3 Å². The van der Waals surface area contributed by atoms with Gasteiger partial charge in [-0.1, -0.05) is 24.3 Å². The van der Waals surface area contributed by atoms with E-state index in [0.717, 1.165) is 69.8 Å². The molecule has 4 rings (SSSR count). The van der Waals surface area contributed by atoms with Gasteiger partial charge in [0, 0.05) is 23.9 Å². The van der Waals surface area contributed by atoms with Crippen LogP contribution in [0.25, 0.3) is 22.3 Å². The van der Waals surface area contributed by atoms with Crippen LogP contribution in [0.15, 0.2) is 36.4 Å². The van der Waals surface area contributed by atoms with Gasteiger partial charge in [-0.25, -0.2) is 4.79 Å². The van der Waals surface area contributed by atoms with Gasteiger partial charge in [0.15, 0.2) is 6.10 Å². The first-order chi connectivity index (χ1) is 17.4. The third-order valence-electron chi connectivity index (χ3n) is 7.25. The number of benzene rings is 3. The van der Waals surface area contributed by atoms with Gasteiger partial charge in [0.05, 0.1) is 12.2 Å². The zero-order chi connectivity index (χ0) is 27.1. The van der Waals surface area contributed by atoms with Crippen molar-refractivity contribution in [1.29, 1.82) is 0 Å². The average molecular weight is 502 g/mol. The predicted molar refractivity (Wildman–Crippen MR) is 151 cm³/mol. The van der Waals surface area contributed by atoms with Gasteiger partial charge < -0.3 is 19.9 Å². The van der Waals surface area contributed by atoms with Crippen LogP contribution in [0.2, 0.25) is 0 Å². The van der Waals surface area contributed by atoms with Crippen molar-refractivity contribution >= 4 is 11.7 Å². The number of ether oxygens (including phenoxy) is 2. The summed E-state index contributed by atoms with van der Waals surface area (Å²) in [5.41, 5.74) is 10.5. The molecule has 0 bridgehead atoms. The molecule has 0 saturated heterocycles. The monoisotopic (exact) mass is 501 g/mol. The molecular formula is C32H39NO4. The van der Waals surface area contributed by atoms with E-state index in [2.05, 4.69) is 56.4 Å². The minimum absolute atomic E-state index is 0.642. The van der Waals surface area contributed by atoms with Crippen LogP contribution in [0, 0.1) is 27.7 Å². The normalized spacial score (nSPS) is 14.1. The number of aryl methyl sites for hydroxylation is 3. The molecule has 0 aliphatic carbocycles. The van der Waals surface area contributed by atoms with Crippen LogP contribution >= 0.6 is 0 Å². The number of aliphatic carboxylic acids is 1. The van der Waals surface area contributed by atoms with E-state index in [9.17, 15) is 9.90 Å². The number of fused-ring (bicyclic) bond motifs is 1. The van der Waals surface area contributed by atoms with E-state index in [-0.39, 0.29) is 0 Å². The lowest BCUT2D eigenvalue weighted by Gasteiger charge is -2.31. The second kappa shape index (κ2) is 10.2. The third kappa shape index (κ3) is 5.24. The van der Waals surface area contributed by atoms with Crippen LogP contribution in [0.1, 0.15) is 66.7 Å². The van der Waals surface area contributed by atoms with Crippen molar-refractivity contribution in [3.05, 3.63) is 69.8 Å². The molecule has 0 radical (unpaired) electrons. The Balaban J connectivity index is 2.10. The predicted octanol–water partition coefficient (Wildman–Crippen LogP) is 7.56. The van der Waals surface area contributed by atoms with E-state index in [0.29, 0.717) is 5.56 Å². The molecule has 196 valence electrons. The van der Waals surface area contributed by atoms with Crippen molar-refractivity contribution in [1.82, 2.24) is 0 Å². The molecule has 3 aromatic rings. The minimum atomic E-state index is -1.12. The van der Waals surface area contributed by atoms with Crippen molar-refractivity contribution in [3.63, 3.8) is 0 Å². The standard InChI is InChI=1S/C32H39NO4/c1-18-11-12-23(16-19(18)2)27-20(3)26(24-13-14-25-22(17-24)10-9-15-36-25)28(21(4)29(27)33-8)30(31(34)35)37-32(5,6)7/h11-14,16-17,30,33H,9-10,15H2,1-8H3,(H,34,35). The second-order valence-corrected chi connectivity index (χ2v) is 11.1. The maximum Gasteiger partial charge on any atom is 0.337 e. The van der Waals surface area contributed by atoms with Crippen molar-refractivity contribution in [2.75, 3.05) is 19.0 Å². The molecule has 1 aliphatic rings. The topological polar surface area (TPSA) is 67.8 Å². The molecule has 1 atom stereocenters. The molecule has 1 unspecified atom stereocenters. The van der Waals surface area contributed by atoms with Gasteiger partial charge in [0.25, 0.3) is 0 Å². The zero-order valence-corrected chi connectivity index (χ0v) is 23.3. The van der Waals surface area contributed by atoms with Gasteiger partial charge in [0.2, 0.25) is 0 Å². The zero-order valence-electron chi connectivity index (χ0n) is 23.3. The third-order valence-corrected chi connectivity index (χ3v) is 7.25. The van der Waals surface area contributed by atoms with E-state index in [1.807, 2.05) is 40.8 Å². The SMILES string of the molecule is CNc1c(C)c(C(OC(C)(C)C)C(=O)O)c(-c2ccc3c(c2)CCCO3)c(C)c1-c1ccc(C)c(C)c1. The van der Waals surface area contributed by atoms with Crippen molar-refractivity contribution in [2.45, 2.75) is 73.0 Å². The Labute approximate surface area is 220 Å². The van der Waals surface area contributed by atoms with Gasteiger partial charge in [-0.15, -0.1) is 0 Å². The molecule has 0 fully saturated rings. The Hall–Kier alpha value is -3.31. The largest absolute Gasteiger partial charge is 0.493 e. The molecule has 37 heavy (non-hydrogen) atoms. The number of carbonyl (C=O) groups is 1. The summed E-state index contributed by atoms with van der Waals surface area (Å²) in [6.45, 7) is 14.7. The maximum atomic E-state index is 12.7. The van der Waals surface area contributed by atoms with Crippen LogP contribution in [0.4, 0.5) is 5.69 Å². The van der Waals surface area contributed by atoms with Gasteiger partial charge in [0.1, 0.15) is 5.75 Å². The first kappa shape index (κ1) is 26.7. The number of anilines is 1. The Morgan fingerprint density at radius 3 is 2.27 bits per heavy atom. The first-order valence-electron chi connectivity index (χ1n) is 13.0. The van der Waals surface area contributed by atoms with E-state index in [4.69, 9.17) is 9.47 Å². The highest BCUT2D eigenvalue weighted by atomic mass is 16.5. The fourth-order valence-electron chi connectivity index (χ4n) is 5.40. The average Bonchev–Trinajstić information content (AvgIpc) is 2.84. The number of carboxylic acids is 1. The number of rotatable bonds is 6. The van der Waals surface area contributed by atoms with Crippen molar-refractivity contribution < 1.29 is 19.4 Å². The number of hydrogen-bond acceptors (Lipinski definition) is 4. The molecule has 1 heterocycles. The molecule has 3 aromatic carbocycles. The van der Waals surface area contributed by atoms with E-state index in [1.165, 1.54) is 11.1 Å². The van der Waals surface area contributed by atoms with Crippen LogP contribution in [-0.2, 0) is 16.0 Å². The first-order valence-corrected chi connectivity index (χ1v) is 13.0. The second-order valence-electron chi connectivity index (χ2n) is 11.1. The summed E-state index contributed by atoms with van der Waals surface area (Å²) in [6.07, 6.45) is 0.788. The fourth-order valence-corrected chi connectivity index (χ4v) is 5.40. The molecule has 2 N–H and O–H groups in total. The number of hydrogen-bond donors (Lipinski definition) is 2. The summed E-state index contributed by atoms with van der Waals surface area (Å²) in [7, 11) is 1.90. The summed E-state index contributed by atoms with van der Waals surface area (Å²) in [6, 6.07) is 12.7. The summed E-state index contributed by atoms with van der Waals surface area (Å²) < 4.78 is 12.1. The van der Waals surface area contributed by atoms with Crippen LogP contribution in [0.3, 0.4) is 0 Å². The fraction of sp³-hybridized carbons (Fsp3) is 0.406. The van der Waals surface area contributed by atoms with Crippen molar-refractivity contribution in [3.8, 4) is 28.0 Å². The molecule has 0 amide bonds. The smallest absolute Gasteiger partial charge is 0.337 e. The highest BCUT2D eigenvalue weighted by Gasteiger charge is 2.34. The molecular weight excluding hydrogens is 462 g/mol. The van der Waals surface area contributed by atoms with Gasteiger partial charge in [-0.2, -0.15) is 0 Å². The Morgan fingerprint density at radius 2 is 1.65 bits per heavy atom. The highest BCUT2D eigenvalue weighted by Crippen LogP contribution is 2.47. The summed E-state index contributed by atoms with van der Waals surface area (Å²) in [5, 5.41) is 13.8.